The summed E-state index contributed by atoms with van der Waals surface area (Å²) in [4.78, 5) is 6.22. The standard InChI is InChI=1S/C11H14BrN3/c12-10-6-9(7-14-8-10)11(13)15-4-2-1-3-5-15/h6-8,13H,1-5H2. The van der Waals surface area contributed by atoms with E-state index in [2.05, 4.69) is 25.8 Å². The molecule has 80 valence electrons. The second-order valence-corrected chi connectivity index (χ2v) is 4.70. The van der Waals surface area contributed by atoms with Gasteiger partial charge >= 0.3 is 0 Å². The number of halogens is 1. The van der Waals surface area contributed by atoms with Crippen LogP contribution in [-0.4, -0.2) is 28.8 Å². The summed E-state index contributed by atoms with van der Waals surface area (Å²) < 4.78 is 0.932. The van der Waals surface area contributed by atoms with Crippen LogP contribution in [0.15, 0.2) is 22.9 Å². The van der Waals surface area contributed by atoms with E-state index in [1.165, 1.54) is 19.3 Å². The fraction of sp³-hybridized carbons (Fsp3) is 0.455. The van der Waals surface area contributed by atoms with Crippen LogP contribution in [0.2, 0.25) is 0 Å². The van der Waals surface area contributed by atoms with Crippen LogP contribution in [0.1, 0.15) is 24.8 Å². The van der Waals surface area contributed by atoms with Crippen LogP contribution in [-0.2, 0) is 0 Å². The van der Waals surface area contributed by atoms with Crippen molar-refractivity contribution in [3.63, 3.8) is 0 Å². The molecule has 1 aliphatic heterocycles. The van der Waals surface area contributed by atoms with Crippen LogP contribution in [0.3, 0.4) is 0 Å². The normalized spacial score (nSPS) is 16.5. The number of amidine groups is 1. The van der Waals surface area contributed by atoms with E-state index >= 15 is 0 Å². The van der Waals surface area contributed by atoms with E-state index in [1.807, 2.05) is 6.07 Å². The zero-order valence-corrected chi connectivity index (χ0v) is 10.1. The Labute approximate surface area is 98.1 Å². The average Bonchev–Trinajstić information content (AvgIpc) is 2.29. The van der Waals surface area contributed by atoms with Crippen LogP contribution in [0, 0.1) is 5.41 Å². The van der Waals surface area contributed by atoms with Gasteiger partial charge in [0, 0.05) is 35.5 Å². The minimum atomic E-state index is 0.600. The summed E-state index contributed by atoms with van der Waals surface area (Å²) in [6, 6.07) is 1.95. The van der Waals surface area contributed by atoms with Gasteiger partial charge in [-0.1, -0.05) is 0 Å². The molecule has 1 aliphatic rings. The molecule has 0 radical (unpaired) electrons. The first-order valence-electron chi connectivity index (χ1n) is 5.22. The molecule has 1 aromatic heterocycles. The largest absolute Gasteiger partial charge is 0.357 e. The molecular formula is C11H14BrN3. The molecule has 2 rings (SSSR count). The van der Waals surface area contributed by atoms with Gasteiger partial charge in [-0.3, -0.25) is 10.4 Å². The van der Waals surface area contributed by atoms with Crippen LogP contribution in [0.25, 0.3) is 0 Å². The molecule has 1 saturated heterocycles. The lowest BCUT2D eigenvalue weighted by Crippen LogP contribution is -2.35. The van der Waals surface area contributed by atoms with Gasteiger partial charge < -0.3 is 4.90 Å². The number of pyridine rings is 1. The summed E-state index contributed by atoms with van der Waals surface area (Å²) in [6.07, 6.45) is 7.18. The number of likely N-dealkylation sites (tertiary alicyclic amines) is 1. The van der Waals surface area contributed by atoms with Crippen molar-refractivity contribution in [1.29, 1.82) is 5.41 Å². The van der Waals surface area contributed by atoms with E-state index in [0.29, 0.717) is 5.84 Å². The molecule has 0 amide bonds. The number of rotatable bonds is 1. The molecule has 3 nitrogen and oxygen atoms in total. The van der Waals surface area contributed by atoms with Crippen molar-refractivity contribution in [3.05, 3.63) is 28.5 Å². The molecule has 2 heterocycles. The Morgan fingerprint density at radius 2 is 2.00 bits per heavy atom. The Morgan fingerprint density at radius 1 is 1.27 bits per heavy atom. The van der Waals surface area contributed by atoms with E-state index in [4.69, 9.17) is 5.41 Å². The topological polar surface area (TPSA) is 40.0 Å². The van der Waals surface area contributed by atoms with E-state index in [0.717, 1.165) is 23.1 Å². The van der Waals surface area contributed by atoms with Gasteiger partial charge in [0.15, 0.2) is 0 Å². The van der Waals surface area contributed by atoms with Crippen molar-refractivity contribution in [2.24, 2.45) is 0 Å². The second-order valence-electron chi connectivity index (χ2n) is 3.79. The molecule has 0 aliphatic carbocycles. The van der Waals surface area contributed by atoms with Crippen LogP contribution in [0.5, 0.6) is 0 Å². The number of hydrogen-bond acceptors (Lipinski definition) is 2. The maximum absolute atomic E-state index is 8.09. The van der Waals surface area contributed by atoms with Crippen LogP contribution in [0.4, 0.5) is 0 Å². The highest BCUT2D eigenvalue weighted by molar-refractivity contribution is 9.10. The quantitative estimate of drug-likeness (QED) is 0.628. The fourth-order valence-corrected chi connectivity index (χ4v) is 2.21. The first-order valence-corrected chi connectivity index (χ1v) is 6.01. The third kappa shape index (κ3) is 2.56. The number of nitrogens with one attached hydrogen (secondary N) is 1. The molecule has 0 saturated carbocycles. The Kier molecular flexibility index (Phi) is 3.36. The Balaban J connectivity index is 2.12. The van der Waals surface area contributed by atoms with E-state index < -0.39 is 0 Å². The summed E-state index contributed by atoms with van der Waals surface area (Å²) in [5, 5.41) is 8.09. The van der Waals surface area contributed by atoms with Gasteiger partial charge in [0.25, 0.3) is 0 Å². The lowest BCUT2D eigenvalue weighted by Gasteiger charge is -2.28. The zero-order valence-electron chi connectivity index (χ0n) is 8.54. The molecule has 1 aromatic rings. The third-order valence-corrected chi connectivity index (χ3v) is 3.08. The van der Waals surface area contributed by atoms with Crippen molar-refractivity contribution < 1.29 is 0 Å². The molecule has 1 fully saturated rings. The van der Waals surface area contributed by atoms with Gasteiger partial charge in [-0.25, -0.2) is 0 Å². The summed E-state index contributed by atoms with van der Waals surface area (Å²) in [5.74, 6) is 0.600. The minimum Gasteiger partial charge on any atom is -0.357 e. The summed E-state index contributed by atoms with van der Waals surface area (Å²) in [5.41, 5.74) is 0.895. The molecule has 0 bridgehead atoms. The monoisotopic (exact) mass is 267 g/mol. The zero-order chi connectivity index (χ0) is 10.7. The van der Waals surface area contributed by atoms with Gasteiger partial charge in [0.1, 0.15) is 5.84 Å². The average molecular weight is 268 g/mol. The van der Waals surface area contributed by atoms with Gasteiger partial charge in [0.2, 0.25) is 0 Å². The summed E-state index contributed by atoms with van der Waals surface area (Å²) in [6.45, 7) is 2.01. The highest BCUT2D eigenvalue weighted by atomic mass is 79.9. The molecule has 15 heavy (non-hydrogen) atoms. The molecule has 4 heteroatoms. The summed E-state index contributed by atoms with van der Waals surface area (Å²) >= 11 is 3.38. The highest BCUT2D eigenvalue weighted by Crippen LogP contribution is 2.15. The van der Waals surface area contributed by atoms with Crippen molar-refractivity contribution in [2.75, 3.05) is 13.1 Å². The molecular weight excluding hydrogens is 254 g/mol. The predicted octanol–water partition coefficient (Wildman–Crippen LogP) is 2.66. The summed E-state index contributed by atoms with van der Waals surface area (Å²) in [7, 11) is 0. The number of piperidine rings is 1. The van der Waals surface area contributed by atoms with Crippen molar-refractivity contribution >= 4 is 21.8 Å². The predicted molar refractivity (Wildman–Crippen MR) is 64.2 cm³/mol. The maximum Gasteiger partial charge on any atom is 0.129 e. The second kappa shape index (κ2) is 4.75. The van der Waals surface area contributed by atoms with Gasteiger partial charge in [-0.15, -0.1) is 0 Å². The SMILES string of the molecule is N=C(c1cncc(Br)c1)N1CCCCC1. The van der Waals surface area contributed by atoms with Gasteiger partial charge in [0.05, 0.1) is 0 Å². The Hall–Kier alpha value is -0.900. The lowest BCUT2D eigenvalue weighted by molar-refractivity contribution is 0.341. The van der Waals surface area contributed by atoms with Crippen LogP contribution >= 0.6 is 15.9 Å². The Morgan fingerprint density at radius 3 is 2.67 bits per heavy atom. The minimum absolute atomic E-state index is 0.600. The maximum atomic E-state index is 8.09. The van der Waals surface area contributed by atoms with Gasteiger partial charge in [-0.05, 0) is 41.3 Å². The highest BCUT2D eigenvalue weighted by Gasteiger charge is 2.15. The first kappa shape index (κ1) is 10.6. The van der Waals surface area contributed by atoms with E-state index in [9.17, 15) is 0 Å². The Bertz CT molecular complexity index is 359. The van der Waals surface area contributed by atoms with Crippen LogP contribution < -0.4 is 0 Å². The number of hydrogen-bond donors (Lipinski definition) is 1. The molecule has 0 atom stereocenters. The van der Waals surface area contributed by atoms with Crippen molar-refractivity contribution in [1.82, 2.24) is 9.88 Å². The first-order chi connectivity index (χ1) is 7.27. The third-order valence-electron chi connectivity index (χ3n) is 2.65. The fourth-order valence-electron chi connectivity index (χ4n) is 1.84. The van der Waals surface area contributed by atoms with Crippen molar-refractivity contribution in [3.8, 4) is 0 Å². The lowest BCUT2D eigenvalue weighted by atomic mass is 10.1. The number of nitrogens with zero attached hydrogens (tertiary/aromatic N) is 2. The van der Waals surface area contributed by atoms with Crippen molar-refractivity contribution in [2.45, 2.75) is 19.3 Å². The number of aromatic nitrogens is 1. The van der Waals surface area contributed by atoms with Gasteiger partial charge in [-0.2, -0.15) is 0 Å². The molecule has 1 N–H and O–H groups in total. The molecule has 0 aromatic carbocycles. The van der Waals surface area contributed by atoms with E-state index in [1.54, 1.807) is 12.4 Å². The molecule has 0 unspecified atom stereocenters. The molecule has 0 spiro atoms. The smallest absolute Gasteiger partial charge is 0.129 e. The van der Waals surface area contributed by atoms with E-state index in [-0.39, 0.29) is 0 Å².